The Labute approximate surface area is 110 Å². The summed E-state index contributed by atoms with van der Waals surface area (Å²) in [6.45, 7) is 5.29. The molecule has 0 saturated carbocycles. The van der Waals surface area contributed by atoms with Crippen LogP contribution in [0.1, 0.15) is 26.2 Å². The fourth-order valence-electron chi connectivity index (χ4n) is 2.33. The predicted molar refractivity (Wildman–Crippen MR) is 76.4 cm³/mol. The Morgan fingerprint density at radius 3 is 3.00 bits per heavy atom. The molecule has 1 atom stereocenters. The van der Waals surface area contributed by atoms with Crippen LogP contribution in [0.15, 0.2) is 24.3 Å². The number of nitrogens with one attached hydrogen (secondary N) is 1. The first-order valence-corrected chi connectivity index (χ1v) is 6.97. The maximum Gasteiger partial charge on any atom is 0.142 e. The summed E-state index contributed by atoms with van der Waals surface area (Å²) in [6.07, 6.45) is 4.13. The van der Waals surface area contributed by atoms with E-state index in [1.807, 2.05) is 18.2 Å². The van der Waals surface area contributed by atoms with Gasteiger partial charge in [0.2, 0.25) is 0 Å². The summed E-state index contributed by atoms with van der Waals surface area (Å²) in [6, 6.07) is 8.16. The number of benzene rings is 1. The zero-order valence-electron chi connectivity index (χ0n) is 11.5. The number of hydrogen-bond acceptors (Lipinski definition) is 3. The van der Waals surface area contributed by atoms with E-state index in [0.717, 1.165) is 31.1 Å². The lowest BCUT2D eigenvalue weighted by atomic mass is 10.2. The molecule has 0 fully saturated rings. The number of fused-ring (bicyclic) bond motifs is 1. The van der Waals surface area contributed by atoms with Gasteiger partial charge in [0.15, 0.2) is 0 Å². The largest absolute Gasteiger partial charge is 0.485 e. The summed E-state index contributed by atoms with van der Waals surface area (Å²) < 4.78 is 6.00. The van der Waals surface area contributed by atoms with E-state index in [-0.39, 0.29) is 6.10 Å². The van der Waals surface area contributed by atoms with Crippen LogP contribution in [0.4, 0.5) is 5.69 Å². The van der Waals surface area contributed by atoms with Crippen molar-refractivity contribution in [3.8, 4) is 5.75 Å². The van der Waals surface area contributed by atoms with Crippen molar-refractivity contribution in [1.29, 1.82) is 0 Å². The molecule has 1 aromatic carbocycles. The van der Waals surface area contributed by atoms with Crippen LogP contribution in [-0.2, 0) is 0 Å². The molecule has 1 heterocycles. The molecule has 1 aliphatic heterocycles. The first-order valence-electron chi connectivity index (χ1n) is 6.97. The van der Waals surface area contributed by atoms with Gasteiger partial charge in [0.1, 0.15) is 11.9 Å². The third-order valence-corrected chi connectivity index (χ3v) is 3.36. The van der Waals surface area contributed by atoms with Gasteiger partial charge < -0.3 is 15.0 Å². The van der Waals surface area contributed by atoms with Gasteiger partial charge in [-0.25, -0.2) is 0 Å². The van der Waals surface area contributed by atoms with Crippen molar-refractivity contribution in [1.82, 2.24) is 4.90 Å². The van der Waals surface area contributed by atoms with Crippen molar-refractivity contribution in [2.75, 3.05) is 32.0 Å². The fraction of sp³-hybridized carbons (Fsp3) is 0.600. The number of likely N-dealkylation sites (N-methyl/N-ethyl adjacent to an activating group) is 1. The molecular weight excluding hydrogens is 224 g/mol. The average molecular weight is 248 g/mol. The number of anilines is 1. The third kappa shape index (κ3) is 3.64. The molecule has 1 aromatic rings. The van der Waals surface area contributed by atoms with E-state index in [4.69, 9.17) is 4.74 Å². The van der Waals surface area contributed by atoms with Crippen LogP contribution in [-0.4, -0.2) is 37.7 Å². The maximum absolute atomic E-state index is 6.00. The van der Waals surface area contributed by atoms with Gasteiger partial charge >= 0.3 is 0 Å². The van der Waals surface area contributed by atoms with Gasteiger partial charge in [-0.2, -0.15) is 0 Å². The van der Waals surface area contributed by atoms with Crippen molar-refractivity contribution in [3.05, 3.63) is 24.3 Å². The highest BCUT2D eigenvalue weighted by molar-refractivity contribution is 5.57. The first kappa shape index (κ1) is 13.2. The van der Waals surface area contributed by atoms with Crippen LogP contribution in [0.2, 0.25) is 0 Å². The lowest BCUT2D eigenvalue weighted by molar-refractivity contribution is 0.150. The molecule has 1 N–H and O–H groups in total. The Morgan fingerprint density at radius 1 is 1.33 bits per heavy atom. The van der Waals surface area contributed by atoms with Crippen LogP contribution in [0.25, 0.3) is 0 Å². The van der Waals surface area contributed by atoms with Gasteiger partial charge in [-0.15, -0.1) is 0 Å². The summed E-state index contributed by atoms with van der Waals surface area (Å²) >= 11 is 0. The Hall–Kier alpha value is -1.22. The van der Waals surface area contributed by atoms with E-state index in [0.29, 0.717) is 0 Å². The minimum absolute atomic E-state index is 0.256. The number of unbranched alkanes of at least 4 members (excludes halogenated alkanes) is 2. The molecule has 0 bridgehead atoms. The molecule has 3 nitrogen and oxygen atoms in total. The number of nitrogens with zero attached hydrogens (tertiary/aromatic N) is 1. The van der Waals surface area contributed by atoms with Crippen molar-refractivity contribution in [3.63, 3.8) is 0 Å². The fourth-order valence-corrected chi connectivity index (χ4v) is 2.33. The van der Waals surface area contributed by atoms with E-state index in [9.17, 15) is 0 Å². The van der Waals surface area contributed by atoms with Gasteiger partial charge in [0.05, 0.1) is 12.2 Å². The lowest BCUT2D eigenvalue weighted by Gasteiger charge is -2.30. The molecule has 3 heteroatoms. The van der Waals surface area contributed by atoms with Gasteiger partial charge in [-0.05, 0) is 32.1 Å². The summed E-state index contributed by atoms with van der Waals surface area (Å²) in [5.74, 6) is 0.982. The number of rotatable bonds is 6. The second kappa shape index (κ2) is 6.64. The highest BCUT2D eigenvalue weighted by atomic mass is 16.5. The van der Waals surface area contributed by atoms with Crippen LogP contribution in [0.5, 0.6) is 5.75 Å². The van der Waals surface area contributed by atoms with Crippen molar-refractivity contribution in [2.45, 2.75) is 32.3 Å². The zero-order chi connectivity index (χ0) is 12.8. The second-order valence-electron chi connectivity index (χ2n) is 5.09. The SMILES string of the molecule is CCCCCN(C)CC1CNc2ccccc2O1. The number of ether oxygens (including phenoxy) is 1. The molecule has 0 aromatic heterocycles. The van der Waals surface area contributed by atoms with E-state index in [1.165, 1.54) is 19.3 Å². The highest BCUT2D eigenvalue weighted by Crippen LogP contribution is 2.28. The Balaban J connectivity index is 1.79. The minimum atomic E-state index is 0.256. The van der Waals surface area contributed by atoms with Gasteiger partial charge in [-0.1, -0.05) is 31.9 Å². The smallest absolute Gasteiger partial charge is 0.142 e. The maximum atomic E-state index is 6.00. The predicted octanol–water partition coefficient (Wildman–Crippen LogP) is 2.98. The first-order chi connectivity index (χ1) is 8.79. The Bertz CT molecular complexity index is 367. The summed E-state index contributed by atoms with van der Waals surface area (Å²) in [5, 5.41) is 3.43. The molecule has 0 spiro atoms. The highest BCUT2D eigenvalue weighted by Gasteiger charge is 2.19. The monoisotopic (exact) mass is 248 g/mol. The molecule has 0 radical (unpaired) electrons. The molecular formula is C15H24N2O. The number of hydrogen-bond donors (Lipinski definition) is 1. The molecule has 0 aliphatic carbocycles. The number of para-hydroxylation sites is 2. The van der Waals surface area contributed by atoms with Gasteiger partial charge in [0, 0.05) is 6.54 Å². The van der Waals surface area contributed by atoms with E-state index in [2.05, 4.69) is 30.3 Å². The summed E-state index contributed by atoms with van der Waals surface area (Å²) in [5.41, 5.74) is 1.11. The van der Waals surface area contributed by atoms with E-state index >= 15 is 0 Å². The molecule has 1 unspecified atom stereocenters. The van der Waals surface area contributed by atoms with Gasteiger partial charge in [0.25, 0.3) is 0 Å². The second-order valence-corrected chi connectivity index (χ2v) is 5.09. The Morgan fingerprint density at radius 2 is 2.17 bits per heavy atom. The topological polar surface area (TPSA) is 24.5 Å². The average Bonchev–Trinajstić information content (AvgIpc) is 2.39. The third-order valence-electron chi connectivity index (χ3n) is 3.36. The molecule has 0 saturated heterocycles. The molecule has 1 aliphatic rings. The summed E-state index contributed by atoms with van der Waals surface area (Å²) in [4.78, 5) is 2.37. The zero-order valence-corrected chi connectivity index (χ0v) is 11.5. The summed E-state index contributed by atoms with van der Waals surface area (Å²) in [7, 11) is 2.18. The van der Waals surface area contributed by atoms with Crippen LogP contribution >= 0.6 is 0 Å². The molecule has 18 heavy (non-hydrogen) atoms. The van der Waals surface area contributed by atoms with E-state index < -0.39 is 0 Å². The normalized spacial score (nSPS) is 18.1. The van der Waals surface area contributed by atoms with Crippen molar-refractivity contribution >= 4 is 5.69 Å². The van der Waals surface area contributed by atoms with E-state index in [1.54, 1.807) is 0 Å². The van der Waals surface area contributed by atoms with Gasteiger partial charge in [-0.3, -0.25) is 0 Å². The lowest BCUT2D eigenvalue weighted by Crippen LogP contribution is -2.40. The standard InChI is InChI=1S/C15H24N2O/c1-3-4-7-10-17(2)12-13-11-16-14-8-5-6-9-15(14)18-13/h5-6,8-9,13,16H,3-4,7,10-12H2,1-2H3. The Kier molecular flexibility index (Phi) is 4.88. The van der Waals surface area contributed by atoms with Crippen LogP contribution < -0.4 is 10.1 Å². The van der Waals surface area contributed by atoms with Crippen molar-refractivity contribution < 1.29 is 4.74 Å². The molecule has 2 rings (SSSR count). The van der Waals surface area contributed by atoms with Crippen LogP contribution in [0.3, 0.4) is 0 Å². The molecule has 100 valence electrons. The quantitative estimate of drug-likeness (QED) is 0.783. The van der Waals surface area contributed by atoms with Crippen molar-refractivity contribution in [2.24, 2.45) is 0 Å². The minimum Gasteiger partial charge on any atom is -0.485 e. The molecule has 0 amide bonds. The van der Waals surface area contributed by atoms with Crippen LogP contribution in [0, 0.1) is 0 Å².